The van der Waals surface area contributed by atoms with E-state index in [1.165, 1.54) is 29.1 Å². The Balaban J connectivity index is 1.33. The maximum atomic E-state index is 14.0. The molecular formula is C26H27F6N3O3. The van der Waals surface area contributed by atoms with Crippen molar-refractivity contribution in [3.8, 4) is 5.75 Å². The highest BCUT2D eigenvalue weighted by molar-refractivity contribution is 5.82. The largest absolute Gasteiger partial charge is 0.492 e. The molecule has 0 spiro atoms. The number of aliphatic hydroxyl groups is 1. The number of hydrogen-bond donors (Lipinski definition) is 2. The molecule has 2 aliphatic rings. The summed E-state index contributed by atoms with van der Waals surface area (Å²) in [6.45, 7) is 1.75. The van der Waals surface area contributed by atoms with Gasteiger partial charge in [0.05, 0.1) is 40.1 Å². The van der Waals surface area contributed by atoms with Crippen molar-refractivity contribution in [2.75, 3.05) is 13.2 Å². The Morgan fingerprint density at radius 3 is 2.34 bits per heavy atom. The Morgan fingerprint density at radius 1 is 1.05 bits per heavy atom. The molecule has 2 N–H and O–H groups in total. The van der Waals surface area contributed by atoms with E-state index in [2.05, 4.69) is 4.98 Å². The molecule has 2 heterocycles. The standard InChI is InChI=1S/C26H27F6N3O3/c1-24(36)11-19(12-24)34-14-33-22-10-20(9-21(23(22)34)26(30,31)32)38-13-18-8-16(6-7-35(18)37)15-2-4-17(5-3-15)25(27,28)29/h2-5,9-10,14,16,18-19,36-37H,6-8,11-13H2,1H3/t16-,18-,19?,24?/m0/s1. The monoisotopic (exact) mass is 543 g/mol. The first-order chi connectivity index (χ1) is 17.7. The third kappa shape index (κ3) is 5.34. The minimum atomic E-state index is -4.68. The Hall–Kier alpha value is -2.83. The topological polar surface area (TPSA) is 70.8 Å². The third-order valence-corrected chi connectivity index (χ3v) is 7.53. The van der Waals surface area contributed by atoms with E-state index in [-0.39, 0.29) is 41.9 Å². The molecule has 1 aliphatic heterocycles. The second-order valence-electron chi connectivity index (χ2n) is 10.5. The van der Waals surface area contributed by atoms with E-state index in [1.807, 2.05) is 0 Å². The zero-order valence-electron chi connectivity index (χ0n) is 20.4. The molecule has 1 aromatic heterocycles. The van der Waals surface area contributed by atoms with E-state index in [4.69, 9.17) is 4.74 Å². The van der Waals surface area contributed by atoms with Gasteiger partial charge in [0, 0.05) is 18.7 Å². The van der Waals surface area contributed by atoms with E-state index in [9.17, 15) is 36.7 Å². The van der Waals surface area contributed by atoms with Crippen LogP contribution in [-0.2, 0) is 12.4 Å². The lowest BCUT2D eigenvalue weighted by Crippen LogP contribution is -2.43. The fourth-order valence-corrected chi connectivity index (χ4v) is 5.51. The summed E-state index contributed by atoms with van der Waals surface area (Å²) in [6, 6.07) is 6.32. The van der Waals surface area contributed by atoms with Gasteiger partial charge in [0.2, 0.25) is 0 Å². The minimum Gasteiger partial charge on any atom is -0.492 e. The van der Waals surface area contributed by atoms with Crippen LogP contribution in [0.15, 0.2) is 42.7 Å². The van der Waals surface area contributed by atoms with Crippen LogP contribution < -0.4 is 4.74 Å². The van der Waals surface area contributed by atoms with Crippen molar-refractivity contribution in [2.45, 2.75) is 68.6 Å². The first-order valence-corrected chi connectivity index (χ1v) is 12.3. The van der Waals surface area contributed by atoms with Crippen LogP contribution in [0.25, 0.3) is 11.0 Å². The smallest absolute Gasteiger partial charge is 0.418 e. The van der Waals surface area contributed by atoms with Gasteiger partial charge in [-0.1, -0.05) is 12.1 Å². The number of hydrogen-bond acceptors (Lipinski definition) is 5. The Kier molecular flexibility index (Phi) is 6.64. The Bertz CT molecular complexity index is 1290. The molecule has 12 heteroatoms. The quantitative estimate of drug-likeness (QED) is 0.377. The summed E-state index contributed by atoms with van der Waals surface area (Å²) >= 11 is 0. The molecule has 0 unspecified atom stereocenters. The highest BCUT2D eigenvalue weighted by Crippen LogP contribution is 2.45. The maximum absolute atomic E-state index is 14.0. The van der Waals surface area contributed by atoms with Gasteiger partial charge in [-0.3, -0.25) is 0 Å². The van der Waals surface area contributed by atoms with Crippen molar-refractivity contribution in [1.29, 1.82) is 0 Å². The highest BCUT2D eigenvalue weighted by atomic mass is 19.4. The molecule has 2 atom stereocenters. The van der Waals surface area contributed by atoms with E-state index in [0.717, 1.165) is 23.3 Å². The fraction of sp³-hybridized carbons (Fsp3) is 0.500. The van der Waals surface area contributed by atoms with Crippen LogP contribution in [0.1, 0.15) is 61.3 Å². The molecule has 0 amide bonds. The number of piperidine rings is 1. The van der Waals surface area contributed by atoms with Gasteiger partial charge in [0.25, 0.3) is 0 Å². The number of rotatable bonds is 5. The number of alkyl halides is 6. The number of aromatic nitrogens is 2. The third-order valence-electron chi connectivity index (χ3n) is 7.53. The number of imidazole rings is 1. The molecule has 1 saturated carbocycles. The van der Waals surface area contributed by atoms with Crippen molar-refractivity contribution >= 4 is 11.0 Å². The Labute approximate surface area is 214 Å². The molecule has 206 valence electrons. The van der Waals surface area contributed by atoms with Gasteiger partial charge in [-0.15, -0.1) is 0 Å². The molecule has 5 rings (SSSR count). The lowest BCUT2D eigenvalue weighted by atomic mass is 9.77. The summed E-state index contributed by atoms with van der Waals surface area (Å²) < 4.78 is 87.9. The van der Waals surface area contributed by atoms with Crippen molar-refractivity contribution in [3.63, 3.8) is 0 Å². The predicted molar refractivity (Wildman–Crippen MR) is 125 cm³/mol. The number of hydroxylamine groups is 2. The van der Waals surface area contributed by atoms with Crippen LogP contribution >= 0.6 is 0 Å². The van der Waals surface area contributed by atoms with Crippen LogP contribution in [0, 0.1) is 0 Å². The summed E-state index contributed by atoms with van der Waals surface area (Å²) in [7, 11) is 0. The summed E-state index contributed by atoms with van der Waals surface area (Å²) in [5.41, 5.74) is -1.85. The number of nitrogens with zero attached hydrogens (tertiary/aromatic N) is 3. The maximum Gasteiger partial charge on any atom is 0.418 e. The highest BCUT2D eigenvalue weighted by Gasteiger charge is 2.42. The van der Waals surface area contributed by atoms with Gasteiger partial charge < -0.3 is 19.6 Å². The first kappa shape index (κ1) is 26.8. The molecule has 2 aromatic carbocycles. The van der Waals surface area contributed by atoms with E-state index < -0.39 is 35.1 Å². The second-order valence-corrected chi connectivity index (χ2v) is 10.5. The van der Waals surface area contributed by atoms with Crippen LogP contribution in [0.4, 0.5) is 26.3 Å². The van der Waals surface area contributed by atoms with Gasteiger partial charge in [-0.25, -0.2) is 4.98 Å². The summed E-state index contributed by atoms with van der Waals surface area (Å²) in [4.78, 5) is 4.15. The molecular weight excluding hydrogens is 516 g/mol. The Morgan fingerprint density at radius 2 is 1.74 bits per heavy atom. The number of ether oxygens (including phenoxy) is 1. The van der Waals surface area contributed by atoms with Crippen LogP contribution in [0.3, 0.4) is 0 Å². The van der Waals surface area contributed by atoms with Crippen LogP contribution in [0.5, 0.6) is 5.75 Å². The number of benzene rings is 2. The van der Waals surface area contributed by atoms with Crippen LogP contribution in [0.2, 0.25) is 0 Å². The lowest BCUT2D eigenvalue weighted by molar-refractivity contribution is -0.153. The second kappa shape index (κ2) is 9.42. The fourth-order valence-electron chi connectivity index (χ4n) is 5.51. The zero-order valence-corrected chi connectivity index (χ0v) is 20.4. The van der Waals surface area contributed by atoms with E-state index in [1.54, 1.807) is 6.92 Å². The van der Waals surface area contributed by atoms with E-state index in [0.29, 0.717) is 31.2 Å². The van der Waals surface area contributed by atoms with Crippen LogP contribution in [-0.4, -0.2) is 49.7 Å². The van der Waals surface area contributed by atoms with Gasteiger partial charge in [0.1, 0.15) is 12.4 Å². The van der Waals surface area contributed by atoms with Crippen molar-refractivity contribution in [1.82, 2.24) is 14.6 Å². The predicted octanol–water partition coefficient (Wildman–Crippen LogP) is 6.18. The van der Waals surface area contributed by atoms with E-state index >= 15 is 0 Å². The number of halogens is 6. The van der Waals surface area contributed by atoms with Crippen molar-refractivity contribution in [2.24, 2.45) is 0 Å². The zero-order chi connectivity index (χ0) is 27.5. The molecule has 6 nitrogen and oxygen atoms in total. The minimum absolute atomic E-state index is 0.0549. The lowest BCUT2D eigenvalue weighted by Gasteiger charge is -2.41. The molecule has 1 aliphatic carbocycles. The van der Waals surface area contributed by atoms with Crippen molar-refractivity contribution in [3.05, 3.63) is 59.4 Å². The first-order valence-electron chi connectivity index (χ1n) is 12.3. The molecule has 3 aromatic rings. The van der Waals surface area contributed by atoms with Gasteiger partial charge in [0.15, 0.2) is 0 Å². The van der Waals surface area contributed by atoms with Gasteiger partial charge in [-0.05, 0) is 62.3 Å². The molecule has 2 fully saturated rings. The average molecular weight is 544 g/mol. The normalized spacial score (nSPS) is 26.9. The van der Waals surface area contributed by atoms with Crippen molar-refractivity contribution < 1.29 is 41.4 Å². The van der Waals surface area contributed by atoms with Gasteiger partial charge >= 0.3 is 12.4 Å². The molecule has 0 bridgehead atoms. The summed E-state index contributed by atoms with van der Waals surface area (Å²) in [5, 5.41) is 21.4. The summed E-state index contributed by atoms with van der Waals surface area (Å²) in [6.07, 6.45) is -6.27. The average Bonchev–Trinajstić information content (AvgIpc) is 3.24. The SMILES string of the molecule is CC1(O)CC(n2cnc3cc(OC[C@@H]4C[C@@H](c5ccc(C(F)(F)F)cc5)CCN4O)cc(C(F)(F)F)c32)C1. The van der Waals surface area contributed by atoms with Gasteiger partial charge in [-0.2, -0.15) is 31.4 Å². The molecule has 1 saturated heterocycles. The number of fused-ring (bicyclic) bond motifs is 1. The summed E-state index contributed by atoms with van der Waals surface area (Å²) in [5.74, 6) is -0.196. The molecule has 0 radical (unpaired) electrons. The molecule has 38 heavy (non-hydrogen) atoms.